The molecule has 0 amide bonds. The van der Waals surface area contributed by atoms with Gasteiger partial charge < -0.3 is 4.52 Å². The number of nitrogens with zero attached hydrogens (tertiary/aromatic N) is 4. The van der Waals surface area contributed by atoms with E-state index < -0.39 is 0 Å². The van der Waals surface area contributed by atoms with Crippen LogP contribution in [0.3, 0.4) is 0 Å². The van der Waals surface area contributed by atoms with Crippen LogP contribution >= 0.6 is 23.2 Å². The molecule has 25 heavy (non-hydrogen) atoms. The highest BCUT2D eigenvalue weighted by molar-refractivity contribution is 6.42. The van der Waals surface area contributed by atoms with E-state index in [0.717, 1.165) is 37.2 Å². The third-order valence-corrected chi connectivity index (χ3v) is 5.13. The van der Waals surface area contributed by atoms with Crippen LogP contribution < -0.4 is 0 Å². The lowest BCUT2D eigenvalue weighted by molar-refractivity contribution is 0.309. The van der Waals surface area contributed by atoms with Gasteiger partial charge in [0.25, 0.3) is 0 Å². The van der Waals surface area contributed by atoms with Gasteiger partial charge in [-0.05, 0) is 42.8 Å². The molecule has 7 heteroatoms. The molecule has 0 saturated carbocycles. The fourth-order valence-electron chi connectivity index (χ4n) is 3.09. The molecule has 1 saturated heterocycles. The molecule has 1 aliphatic heterocycles. The summed E-state index contributed by atoms with van der Waals surface area (Å²) in [5.74, 6) is 1.56. The molecule has 1 aromatic carbocycles. The molecular weight excluding hydrogens is 359 g/mol. The fourth-order valence-corrected chi connectivity index (χ4v) is 3.41. The number of benzene rings is 1. The van der Waals surface area contributed by atoms with Gasteiger partial charge in [-0.3, -0.25) is 9.88 Å². The minimum atomic E-state index is 0.255. The van der Waals surface area contributed by atoms with Crippen LogP contribution in [0.25, 0.3) is 11.4 Å². The Kier molecular flexibility index (Phi) is 4.70. The zero-order valence-corrected chi connectivity index (χ0v) is 14.9. The average Bonchev–Trinajstić information content (AvgIpc) is 3.28. The van der Waals surface area contributed by atoms with Crippen LogP contribution in [0.2, 0.25) is 10.0 Å². The number of aromatic nitrogens is 3. The van der Waals surface area contributed by atoms with E-state index in [2.05, 4.69) is 20.0 Å². The van der Waals surface area contributed by atoms with Crippen molar-refractivity contribution in [1.82, 2.24) is 20.0 Å². The molecule has 5 nitrogen and oxygen atoms in total. The van der Waals surface area contributed by atoms with Crippen LogP contribution in [0.1, 0.15) is 23.8 Å². The van der Waals surface area contributed by atoms with Gasteiger partial charge in [0.15, 0.2) is 0 Å². The number of pyridine rings is 1. The van der Waals surface area contributed by atoms with Crippen LogP contribution in [0.5, 0.6) is 0 Å². The van der Waals surface area contributed by atoms with Crippen molar-refractivity contribution in [2.45, 2.75) is 18.9 Å². The Morgan fingerprint density at radius 1 is 1.12 bits per heavy atom. The monoisotopic (exact) mass is 374 g/mol. The van der Waals surface area contributed by atoms with Crippen molar-refractivity contribution in [3.8, 4) is 11.4 Å². The Hall–Kier alpha value is -1.95. The fraction of sp³-hybridized carbons (Fsp3) is 0.278. The summed E-state index contributed by atoms with van der Waals surface area (Å²) in [6, 6.07) is 9.52. The first-order valence-electron chi connectivity index (χ1n) is 8.09. The van der Waals surface area contributed by atoms with Crippen molar-refractivity contribution in [2.75, 3.05) is 13.1 Å². The van der Waals surface area contributed by atoms with E-state index >= 15 is 0 Å². The first-order chi connectivity index (χ1) is 12.2. The van der Waals surface area contributed by atoms with Gasteiger partial charge in [0.05, 0.1) is 16.0 Å². The number of hydrogen-bond donors (Lipinski definition) is 0. The highest BCUT2D eigenvalue weighted by atomic mass is 35.5. The molecule has 1 fully saturated rings. The second kappa shape index (κ2) is 7.12. The molecule has 1 atom stereocenters. The first-order valence-corrected chi connectivity index (χ1v) is 8.85. The number of hydrogen-bond acceptors (Lipinski definition) is 5. The van der Waals surface area contributed by atoms with Gasteiger partial charge in [-0.25, -0.2) is 0 Å². The standard InChI is InChI=1S/C18H16Cl2N4O/c19-15-2-1-12(9-16(15)20)10-24-8-5-14(11-24)18-22-17(23-25-18)13-3-6-21-7-4-13/h1-4,6-7,9,14H,5,8,10-11H2/t14-/m0/s1. The molecule has 128 valence electrons. The van der Waals surface area contributed by atoms with Crippen LogP contribution in [0.4, 0.5) is 0 Å². The lowest BCUT2D eigenvalue weighted by Gasteiger charge is -2.15. The van der Waals surface area contributed by atoms with Gasteiger partial charge in [-0.15, -0.1) is 0 Å². The van der Waals surface area contributed by atoms with Crippen molar-refractivity contribution >= 4 is 23.2 Å². The Balaban J connectivity index is 1.42. The van der Waals surface area contributed by atoms with Crippen LogP contribution in [-0.4, -0.2) is 33.1 Å². The lowest BCUT2D eigenvalue weighted by atomic mass is 10.1. The minimum Gasteiger partial charge on any atom is -0.339 e. The SMILES string of the molecule is Clc1ccc(CN2CC[C@H](c3nc(-c4ccncc4)no3)C2)cc1Cl. The van der Waals surface area contributed by atoms with Gasteiger partial charge in [0.1, 0.15) is 0 Å². The first kappa shape index (κ1) is 16.5. The normalized spacial score (nSPS) is 17.9. The van der Waals surface area contributed by atoms with Crippen molar-refractivity contribution < 1.29 is 4.52 Å². The van der Waals surface area contributed by atoms with Gasteiger partial charge in [0, 0.05) is 31.0 Å². The summed E-state index contributed by atoms with van der Waals surface area (Å²) >= 11 is 12.1. The van der Waals surface area contributed by atoms with E-state index in [-0.39, 0.29) is 5.92 Å². The van der Waals surface area contributed by atoms with E-state index in [1.807, 2.05) is 30.3 Å². The highest BCUT2D eigenvalue weighted by Crippen LogP contribution is 2.29. The maximum absolute atomic E-state index is 6.10. The Morgan fingerprint density at radius 3 is 2.76 bits per heavy atom. The molecule has 2 aromatic heterocycles. The molecule has 0 aliphatic carbocycles. The van der Waals surface area contributed by atoms with E-state index in [0.29, 0.717) is 21.8 Å². The second-order valence-corrected chi connectivity index (χ2v) is 6.98. The van der Waals surface area contributed by atoms with E-state index in [1.54, 1.807) is 12.4 Å². The number of halogens is 2. The van der Waals surface area contributed by atoms with Gasteiger partial charge in [0.2, 0.25) is 11.7 Å². The van der Waals surface area contributed by atoms with Crippen LogP contribution in [0, 0.1) is 0 Å². The van der Waals surface area contributed by atoms with Crippen LogP contribution in [-0.2, 0) is 6.54 Å². The van der Waals surface area contributed by atoms with Crippen molar-refractivity contribution in [1.29, 1.82) is 0 Å². The van der Waals surface area contributed by atoms with Crippen LogP contribution in [0.15, 0.2) is 47.2 Å². The van der Waals surface area contributed by atoms with Gasteiger partial charge >= 0.3 is 0 Å². The maximum atomic E-state index is 6.10. The topological polar surface area (TPSA) is 55.1 Å². The molecule has 3 aromatic rings. The zero-order valence-electron chi connectivity index (χ0n) is 13.4. The molecule has 3 heterocycles. The second-order valence-electron chi connectivity index (χ2n) is 6.16. The zero-order chi connectivity index (χ0) is 17.2. The largest absolute Gasteiger partial charge is 0.339 e. The van der Waals surface area contributed by atoms with Crippen molar-refractivity contribution in [2.24, 2.45) is 0 Å². The molecular formula is C18H16Cl2N4O. The summed E-state index contributed by atoms with van der Waals surface area (Å²) in [4.78, 5) is 10.9. The summed E-state index contributed by atoms with van der Waals surface area (Å²) < 4.78 is 5.49. The molecule has 1 aliphatic rings. The Labute approximate surface area is 155 Å². The highest BCUT2D eigenvalue weighted by Gasteiger charge is 2.28. The molecule has 0 unspecified atom stereocenters. The Bertz CT molecular complexity index is 869. The smallest absolute Gasteiger partial charge is 0.231 e. The Morgan fingerprint density at radius 2 is 1.96 bits per heavy atom. The van der Waals surface area contributed by atoms with E-state index in [9.17, 15) is 0 Å². The summed E-state index contributed by atoms with van der Waals surface area (Å²) in [5, 5.41) is 5.27. The minimum absolute atomic E-state index is 0.255. The summed E-state index contributed by atoms with van der Waals surface area (Å²) in [6.45, 7) is 2.70. The average molecular weight is 375 g/mol. The summed E-state index contributed by atoms with van der Waals surface area (Å²) in [7, 11) is 0. The van der Waals surface area contributed by atoms with Gasteiger partial charge in [-0.1, -0.05) is 34.4 Å². The predicted octanol–water partition coefficient (Wildman–Crippen LogP) is 4.43. The summed E-state index contributed by atoms with van der Waals surface area (Å²) in [6.07, 6.45) is 4.44. The molecule has 0 N–H and O–H groups in total. The third kappa shape index (κ3) is 3.68. The van der Waals surface area contributed by atoms with Gasteiger partial charge in [-0.2, -0.15) is 4.98 Å². The predicted molar refractivity (Wildman–Crippen MR) is 96.6 cm³/mol. The molecule has 0 radical (unpaired) electrons. The molecule has 0 spiro atoms. The van der Waals surface area contributed by atoms with Crippen molar-refractivity contribution in [3.05, 3.63) is 64.2 Å². The third-order valence-electron chi connectivity index (χ3n) is 4.39. The quantitative estimate of drug-likeness (QED) is 0.675. The molecule has 0 bridgehead atoms. The number of likely N-dealkylation sites (tertiary alicyclic amines) is 1. The van der Waals surface area contributed by atoms with E-state index in [1.165, 1.54) is 0 Å². The van der Waals surface area contributed by atoms with Crippen molar-refractivity contribution in [3.63, 3.8) is 0 Å². The maximum Gasteiger partial charge on any atom is 0.231 e. The number of rotatable bonds is 4. The lowest BCUT2D eigenvalue weighted by Crippen LogP contribution is -2.19. The van der Waals surface area contributed by atoms with E-state index in [4.69, 9.17) is 27.7 Å². The summed E-state index contributed by atoms with van der Waals surface area (Å²) in [5.41, 5.74) is 2.06. The molecule has 4 rings (SSSR count).